The second-order valence-corrected chi connectivity index (χ2v) is 7.76. The predicted octanol–water partition coefficient (Wildman–Crippen LogP) is 5.01. The minimum absolute atomic E-state index is 0.0577. The number of rotatable bonds is 6. The van der Waals surface area contributed by atoms with Crippen molar-refractivity contribution in [3.63, 3.8) is 0 Å². The topological polar surface area (TPSA) is 71.5 Å². The molecule has 182 valence electrons. The van der Waals surface area contributed by atoms with Gasteiger partial charge in [-0.2, -0.15) is 13.2 Å². The Bertz CT molecular complexity index is 1240. The summed E-state index contributed by atoms with van der Waals surface area (Å²) < 4.78 is 71.7. The van der Waals surface area contributed by atoms with Gasteiger partial charge in [-0.25, -0.2) is 8.78 Å². The molecule has 2 heterocycles. The molecule has 35 heavy (non-hydrogen) atoms. The monoisotopic (exact) mass is 491 g/mol. The van der Waals surface area contributed by atoms with Crippen molar-refractivity contribution in [1.29, 1.82) is 0 Å². The number of benzene rings is 2. The van der Waals surface area contributed by atoms with E-state index in [2.05, 4.69) is 15.0 Å². The highest BCUT2D eigenvalue weighted by Crippen LogP contribution is 2.44. The molecule has 11 heteroatoms. The molecule has 3 aromatic rings. The molecule has 1 aromatic heterocycles. The van der Waals surface area contributed by atoms with E-state index < -0.39 is 49.2 Å². The van der Waals surface area contributed by atoms with Crippen molar-refractivity contribution < 1.29 is 36.3 Å². The van der Waals surface area contributed by atoms with Crippen LogP contribution in [0.3, 0.4) is 0 Å². The normalized spacial score (nSPS) is 17.6. The van der Waals surface area contributed by atoms with E-state index in [1.54, 1.807) is 6.07 Å². The second-order valence-electron chi connectivity index (χ2n) is 7.76. The maximum absolute atomic E-state index is 14.0. The number of ether oxygens (including phenoxy) is 1. The van der Waals surface area contributed by atoms with E-state index in [-0.39, 0.29) is 28.1 Å². The third kappa shape index (κ3) is 5.23. The second kappa shape index (κ2) is 9.69. The maximum atomic E-state index is 14.0. The molecule has 0 saturated heterocycles. The lowest BCUT2D eigenvalue weighted by Gasteiger charge is -2.41. The molecule has 0 radical (unpaired) electrons. The Hall–Kier alpha value is -4.02. The zero-order valence-electron chi connectivity index (χ0n) is 17.9. The fourth-order valence-corrected chi connectivity index (χ4v) is 4.17. The van der Waals surface area contributed by atoms with E-state index in [0.29, 0.717) is 4.90 Å². The number of carbonyl (C=O) groups excluding carboxylic acids is 2. The van der Waals surface area contributed by atoms with E-state index in [1.807, 2.05) is 0 Å². The first-order valence-electron chi connectivity index (χ1n) is 10.3. The first-order chi connectivity index (χ1) is 16.7. The molecule has 0 fully saturated rings. The summed E-state index contributed by atoms with van der Waals surface area (Å²) in [6, 6.07) is 10.5. The Morgan fingerprint density at radius 3 is 2.57 bits per heavy atom. The number of alkyl halides is 4. The van der Waals surface area contributed by atoms with Gasteiger partial charge in [-0.05, 0) is 29.3 Å². The Morgan fingerprint density at radius 2 is 1.89 bits per heavy atom. The summed E-state index contributed by atoms with van der Waals surface area (Å²) in [6.07, 6.45) is -2.06. The largest absolute Gasteiger partial charge is 0.463 e. The molecule has 2 atom stereocenters. The summed E-state index contributed by atoms with van der Waals surface area (Å²) in [7, 11) is 0. The van der Waals surface area contributed by atoms with Gasteiger partial charge in [0.05, 0.1) is 12.0 Å². The van der Waals surface area contributed by atoms with Crippen molar-refractivity contribution in [3.8, 4) is 5.75 Å². The average molecular weight is 491 g/mol. The zero-order chi connectivity index (χ0) is 25.2. The van der Waals surface area contributed by atoms with E-state index in [1.165, 1.54) is 48.8 Å². The van der Waals surface area contributed by atoms with Gasteiger partial charge >= 0.3 is 6.18 Å². The summed E-state index contributed by atoms with van der Waals surface area (Å²) in [5.41, 5.74) is 0.261. The van der Waals surface area contributed by atoms with Crippen molar-refractivity contribution >= 4 is 17.5 Å². The molecule has 0 bridgehead atoms. The van der Waals surface area contributed by atoms with Crippen LogP contribution in [0.4, 0.5) is 27.6 Å². The first kappa shape index (κ1) is 24.1. The smallest absolute Gasteiger partial charge is 0.406 e. The van der Waals surface area contributed by atoms with Crippen LogP contribution in [0.2, 0.25) is 0 Å². The molecule has 4 rings (SSSR count). The SMILES string of the molecule is O=C(Nc1cc(F)cc(OCF)c1)[C@H]1c2ccccc2C(=O)N(CC(F)(F)F)[C@@H]1c1cccnc1. The molecule has 0 unspecified atom stereocenters. The van der Waals surface area contributed by atoms with Gasteiger partial charge in [-0.15, -0.1) is 0 Å². The molecular weight excluding hydrogens is 473 g/mol. The highest BCUT2D eigenvalue weighted by Gasteiger charge is 2.47. The van der Waals surface area contributed by atoms with Crippen LogP contribution in [-0.4, -0.2) is 41.3 Å². The molecule has 6 nitrogen and oxygen atoms in total. The molecule has 2 aromatic carbocycles. The summed E-state index contributed by atoms with van der Waals surface area (Å²) >= 11 is 0. The highest BCUT2D eigenvalue weighted by atomic mass is 19.4. The fraction of sp³-hybridized carbons (Fsp3) is 0.208. The van der Waals surface area contributed by atoms with Gasteiger partial charge in [0, 0.05) is 35.8 Å². The molecule has 0 aliphatic carbocycles. The van der Waals surface area contributed by atoms with Gasteiger partial charge in [0.25, 0.3) is 5.91 Å². The number of nitrogens with one attached hydrogen (secondary N) is 1. The molecule has 1 aliphatic rings. The minimum Gasteiger partial charge on any atom is -0.463 e. The molecule has 0 saturated carbocycles. The number of nitrogens with zero attached hydrogens (tertiary/aromatic N) is 2. The highest BCUT2D eigenvalue weighted by molar-refractivity contribution is 6.04. The van der Waals surface area contributed by atoms with E-state index in [0.717, 1.165) is 12.1 Å². The number of amides is 2. The van der Waals surface area contributed by atoms with Gasteiger partial charge < -0.3 is 15.0 Å². The van der Waals surface area contributed by atoms with Gasteiger partial charge in [0.1, 0.15) is 18.1 Å². The quantitative estimate of drug-likeness (QED) is 0.493. The molecule has 2 amide bonds. The first-order valence-corrected chi connectivity index (χ1v) is 10.3. The van der Waals surface area contributed by atoms with Gasteiger partial charge in [-0.1, -0.05) is 24.3 Å². The molecule has 1 aliphatic heterocycles. The van der Waals surface area contributed by atoms with Crippen LogP contribution in [0.5, 0.6) is 5.75 Å². The van der Waals surface area contributed by atoms with E-state index in [4.69, 9.17) is 0 Å². The summed E-state index contributed by atoms with van der Waals surface area (Å²) in [4.78, 5) is 31.2. The van der Waals surface area contributed by atoms with E-state index in [9.17, 15) is 31.5 Å². The lowest BCUT2D eigenvalue weighted by atomic mass is 9.79. The number of aromatic nitrogens is 1. The number of pyridine rings is 1. The van der Waals surface area contributed by atoms with Crippen molar-refractivity contribution in [2.75, 3.05) is 18.7 Å². The van der Waals surface area contributed by atoms with Crippen molar-refractivity contribution in [2.24, 2.45) is 0 Å². The Labute approximate surface area is 196 Å². The number of anilines is 1. The van der Waals surface area contributed by atoms with Crippen LogP contribution < -0.4 is 10.1 Å². The average Bonchev–Trinajstić information content (AvgIpc) is 2.80. The lowest BCUT2D eigenvalue weighted by Crippen LogP contribution is -2.49. The number of hydrogen-bond acceptors (Lipinski definition) is 4. The summed E-state index contributed by atoms with van der Waals surface area (Å²) in [5.74, 6) is -4.01. The molecule has 0 spiro atoms. The Kier molecular flexibility index (Phi) is 6.68. The zero-order valence-corrected chi connectivity index (χ0v) is 17.9. The third-order valence-corrected chi connectivity index (χ3v) is 5.46. The number of halogens is 5. The number of fused-ring (bicyclic) bond motifs is 1. The van der Waals surface area contributed by atoms with Crippen LogP contribution >= 0.6 is 0 Å². The molecular formula is C24H18F5N3O3. The van der Waals surface area contributed by atoms with Crippen molar-refractivity contribution in [1.82, 2.24) is 9.88 Å². The van der Waals surface area contributed by atoms with Crippen LogP contribution in [0, 0.1) is 5.82 Å². The van der Waals surface area contributed by atoms with Gasteiger partial charge in [0.2, 0.25) is 12.8 Å². The fourth-order valence-electron chi connectivity index (χ4n) is 4.17. The van der Waals surface area contributed by atoms with Crippen LogP contribution in [0.15, 0.2) is 67.0 Å². The Balaban J connectivity index is 1.82. The number of hydrogen-bond donors (Lipinski definition) is 1. The predicted molar refractivity (Wildman–Crippen MR) is 115 cm³/mol. The molecule has 1 N–H and O–H groups in total. The van der Waals surface area contributed by atoms with Crippen molar-refractivity contribution in [3.05, 3.63) is 89.5 Å². The maximum Gasteiger partial charge on any atom is 0.406 e. The Morgan fingerprint density at radius 1 is 1.11 bits per heavy atom. The summed E-state index contributed by atoms with van der Waals surface area (Å²) in [6.45, 7) is -2.83. The minimum atomic E-state index is -4.75. The van der Waals surface area contributed by atoms with Crippen LogP contribution in [0.25, 0.3) is 0 Å². The standard InChI is InChI=1S/C24H18F5N3O3/c25-13-35-17-9-15(26)8-16(10-17)31-22(33)20-18-5-1-2-6-19(18)23(34)32(12-24(27,28)29)21(20)14-4-3-7-30-11-14/h1-11,20-21H,12-13H2,(H,31,33)/t20-,21+/m0/s1. The number of carbonyl (C=O) groups is 2. The summed E-state index contributed by atoms with van der Waals surface area (Å²) in [5, 5.41) is 2.47. The van der Waals surface area contributed by atoms with Crippen LogP contribution in [0.1, 0.15) is 33.4 Å². The van der Waals surface area contributed by atoms with Gasteiger partial charge in [0.15, 0.2) is 0 Å². The van der Waals surface area contributed by atoms with Gasteiger partial charge in [-0.3, -0.25) is 14.6 Å². The lowest BCUT2D eigenvalue weighted by molar-refractivity contribution is -0.148. The van der Waals surface area contributed by atoms with Crippen molar-refractivity contribution in [2.45, 2.75) is 18.1 Å². The van der Waals surface area contributed by atoms with E-state index >= 15 is 0 Å². The van der Waals surface area contributed by atoms with Crippen LogP contribution in [-0.2, 0) is 4.79 Å². The third-order valence-electron chi connectivity index (χ3n) is 5.46.